The normalized spacial score (nSPS) is 17.2. The summed E-state index contributed by atoms with van der Waals surface area (Å²) in [6, 6.07) is 11.0. The first-order valence-corrected chi connectivity index (χ1v) is 10.3. The van der Waals surface area contributed by atoms with Crippen molar-refractivity contribution in [2.75, 3.05) is 21.3 Å². The minimum absolute atomic E-state index is 0.0220. The van der Waals surface area contributed by atoms with E-state index in [4.69, 9.17) is 18.6 Å². The van der Waals surface area contributed by atoms with Gasteiger partial charge in [0.2, 0.25) is 0 Å². The van der Waals surface area contributed by atoms with Crippen LogP contribution in [0.3, 0.4) is 0 Å². The Hall–Kier alpha value is -4.27. The molecule has 9 heteroatoms. The van der Waals surface area contributed by atoms with Crippen LogP contribution in [0, 0.1) is 5.82 Å². The quantitative estimate of drug-likeness (QED) is 0.318. The molecule has 1 N–H and O–H groups in total. The van der Waals surface area contributed by atoms with Gasteiger partial charge in [0.05, 0.1) is 45.8 Å². The predicted octanol–water partition coefficient (Wildman–Crippen LogP) is 4.07. The zero-order valence-electron chi connectivity index (χ0n) is 18.7. The van der Waals surface area contributed by atoms with Crippen LogP contribution in [0.15, 0.2) is 64.8 Å². The molecule has 1 aliphatic heterocycles. The zero-order chi connectivity index (χ0) is 24.4. The van der Waals surface area contributed by atoms with E-state index in [1.54, 1.807) is 30.3 Å². The predicted molar refractivity (Wildman–Crippen MR) is 119 cm³/mol. The molecule has 0 spiro atoms. The number of aliphatic hydroxyl groups is 1. The second-order valence-electron chi connectivity index (χ2n) is 7.47. The highest BCUT2D eigenvalue weighted by molar-refractivity contribution is 6.46. The van der Waals surface area contributed by atoms with Crippen molar-refractivity contribution in [2.24, 2.45) is 0 Å². The van der Waals surface area contributed by atoms with E-state index in [1.165, 1.54) is 44.6 Å². The number of ether oxygens (including phenoxy) is 3. The Morgan fingerprint density at radius 1 is 1.00 bits per heavy atom. The van der Waals surface area contributed by atoms with E-state index in [0.29, 0.717) is 22.8 Å². The molecule has 0 aliphatic carbocycles. The number of halogens is 1. The number of carbonyl (C=O) groups is 2. The van der Waals surface area contributed by atoms with E-state index in [-0.39, 0.29) is 23.4 Å². The van der Waals surface area contributed by atoms with Gasteiger partial charge < -0.3 is 28.6 Å². The van der Waals surface area contributed by atoms with Gasteiger partial charge in [-0.15, -0.1) is 0 Å². The molecule has 1 amide bonds. The first-order chi connectivity index (χ1) is 16.4. The van der Waals surface area contributed by atoms with Gasteiger partial charge in [-0.05, 0) is 48.0 Å². The van der Waals surface area contributed by atoms with Gasteiger partial charge in [-0.25, -0.2) is 4.39 Å². The lowest BCUT2D eigenvalue weighted by molar-refractivity contribution is -0.140. The third-order valence-corrected chi connectivity index (χ3v) is 5.59. The molecule has 0 saturated carbocycles. The standard InChI is InChI=1S/C25H22FNO7/c1-31-18-8-7-15(11-17(18)26)23(28)21-22(14-6-9-19(32-2)20(12-14)33-3)27(25(30)24(21)29)13-16-5-4-10-34-16/h4-12,22,28H,13H2,1-3H3/t22-/m0/s1. The number of likely N-dealkylation sites (tertiary alicyclic amines) is 1. The maximum absolute atomic E-state index is 14.3. The minimum Gasteiger partial charge on any atom is -0.507 e. The van der Waals surface area contributed by atoms with Crippen molar-refractivity contribution in [2.45, 2.75) is 12.6 Å². The van der Waals surface area contributed by atoms with Crippen LogP contribution in [0.4, 0.5) is 4.39 Å². The lowest BCUT2D eigenvalue weighted by Crippen LogP contribution is -2.29. The Morgan fingerprint density at radius 3 is 2.32 bits per heavy atom. The van der Waals surface area contributed by atoms with Gasteiger partial charge in [-0.2, -0.15) is 0 Å². The lowest BCUT2D eigenvalue weighted by Gasteiger charge is -2.25. The molecule has 1 saturated heterocycles. The molecule has 1 aliphatic rings. The summed E-state index contributed by atoms with van der Waals surface area (Å²) in [4.78, 5) is 27.4. The highest BCUT2D eigenvalue weighted by Gasteiger charge is 2.46. The van der Waals surface area contributed by atoms with Gasteiger partial charge >= 0.3 is 0 Å². The first kappa shape index (κ1) is 22.9. The van der Waals surface area contributed by atoms with Crippen LogP contribution in [0.2, 0.25) is 0 Å². The second-order valence-corrected chi connectivity index (χ2v) is 7.47. The molecule has 1 aromatic heterocycles. The van der Waals surface area contributed by atoms with Gasteiger partial charge in [-0.3, -0.25) is 9.59 Å². The summed E-state index contributed by atoms with van der Waals surface area (Å²) in [5, 5.41) is 11.1. The Kier molecular flexibility index (Phi) is 6.27. The van der Waals surface area contributed by atoms with E-state index in [0.717, 1.165) is 6.07 Å². The number of aliphatic hydroxyl groups excluding tert-OH is 1. The van der Waals surface area contributed by atoms with Crippen molar-refractivity contribution in [1.82, 2.24) is 4.90 Å². The largest absolute Gasteiger partial charge is 0.507 e. The van der Waals surface area contributed by atoms with Crippen LogP contribution in [-0.2, 0) is 16.1 Å². The first-order valence-electron chi connectivity index (χ1n) is 10.3. The Balaban J connectivity index is 1.89. The van der Waals surface area contributed by atoms with Crippen molar-refractivity contribution < 1.29 is 37.7 Å². The van der Waals surface area contributed by atoms with E-state index in [9.17, 15) is 19.1 Å². The summed E-state index contributed by atoms with van der Waals surface area (Å²) < 4.78 is 35.3. The number of benzene rings is 2. The molecule has 3 aromatic rings. The maximum Gasteiger partial charge on any atom is 0.296 e. The summed E-state index contributed by atoms with van der Waals surface area (Å²) in [6.45, 7) is -0.0235. The van der Waals surface area contributed by atoms with Crippen LogP contribution >= 0.6 is 0 Å². The van der Waals surface area contributed by atoms with Crippen LogP contribution in [0.5, 0.6) is 17.2 Å². The fraction of sp³-hybridized carbons (Fsp3) is 0.200. The molecule has 176 valence electrons. The average Bonchev–Trinajstić information content (AvgIpc) is 3.45. The number of methoxy groups -OCH3 is 3. The SMILES string of the molecule is COc1ccc(C(O)=C2C(=O)C(=O)N(Cc3ccco3)[C@H]2c2ccc(OC)c(OC)c2)cc1F. The van der Waals surface area contributed by atoms with Gasteiger partial charge in [0.25, 0.3) is 11.7 Å². The molecule has 1 atom stereocenters. The lowest BCUT2D eigenvalue weighted by atomic mass is 9.95. The highest BCUT2D eigenvalue weighted by atomic mass is 19.1. The molecule has 0 radical (unpaired) electrons. The van der Waals surface area contributed by atoms with Crippen molar-refractivity contribution >= 4 is 17.4 Å². The summed E-state index contributed by atoms with van der Waals surface area (Å²) in [5.41, 5.74) is 0.326. The van der Waals surface area contributed by atoms with Crippen molar-refractivity contribution in [3.05, 3.63) is 83.1 Å². The Labute approximate surface area is 194 Å². The average molecular weight is 467 g/mol. The molecular weight excluding hydrogens is 445 g/mol. The summed E-state index contributed by atoms with van der Waals surface area (Å²) in [5.74, 6) is -1.72. The van der Waals surface area contributed by atoms with Crippen LogP contribution in [0.25, 0.3) is 5.76 Å². The number of carbonyl (C=O) groups excluding carboxylic acids is 2. The molecular formula is C25H22FNO7. The minimum atomic E-state index is -0.991. The van der Waals surface area contributed by atoms with Gasteiger partial charge in [-0.1, -0.05) is 6.07 Å². The molecule has 0 bridgehead atoms. The fourth-order valence-corrected chi connectivity index (χ4v) is 3.95. The summed E-state index contributed by atoms with van der Waals surface area (Å²) >= 11 is 0. The smallest absolute Gasteiger partial charge is 0.296 e. The zero-order valence-corrected chi connectivity index (χ0v) is 18.7. The number of furan rings is 1. The number of ketones is 1. The van der Waals surface area contributed by atoms with Gasteiger partial charge in [0, 0.05) is 5.56 Å². The molecule has 1 fully saturated rings. The molecule has 8 nitrogen and oxygen atoms in total. The number of nitrogens with zero attached hydrogens (tertiary/aromatic N) is 1. The number of hydrogen-bond acceptors (Lipinski definition) is 7. The number of amides is 1. The van der Waals surface area contributed by atoms with Crippen LogP contribution in [-0.4, -0.2) is 43.0 Å². The number of Topliss-reactive ketones (excluding diaryl/α,β-unsaturated/α-hetero) is 1. The van der Waals surface area contributed by atoms with Crippen molar-refractivity contribution in [1.29, 1.82) is 0 Å². The fourth-order valence-electron chi connectivity index (χ4n) is 3.95. The summed E-state index contributed by atoms with van der Waals surface area (Å²) in [6.07, 6.45) is 1.46. The molecule has 34 heavy (non-hydrogen) atoms. The van der Waals surface area contributed by atoms with E-state index in [2.05, 4.69) is 0 Å². The van der Waals surface area contributed by atoms with Crippen LogP contribution < -0.4 is 14.2 Å². The van der Waals surface area contributed by atoms with E-state index >= 15 is 0 Å². The third-order valence-electron chi connectivity index (χ3n) is 5.59. The van der Waals surface area contributed by atoms with Crippen LogP contribution in [0.1, 0.15) is 22.9 Å². The third kappa shape index (κ3) is 3.96. The Morgan fingerprint density at radius 2 is 1.71 bits per heavy atom. The van der Waals surface area contributed by atoms with E-state index < -0.39 is 29.3 Å². The van der Waals surface area contributed by atoms with Crippen molar-refractivity contribution in [3.8, 4) is 17.2 Å². The van der Waals surface area contributed by atoms with Gasteiger partial charge in [0.1, 0.15) is 11.5 Å². The molecule has 2 aromatic carbocycles. The number of hydrogen-bond donors (Lipinski definition) is 1. The Bertz CT molecular complexity index is 1270. The second kappa shape index (κ2) is 9.30. The topological polar surface area (TPSA) is 98.4 Å². The summed E-state index contributed by atoms with van der Waals surface area (Å²) in [7, 11) is 4.26. The van der Waals surface area contributed by atoms with Gasteiger partial charge in [0.15, 0.2) is 23.1 Å². The monoisotopic (exact) mass is 467 g/mol. The van der Waals surface area contributed by atoms with Crippen molar-refractivity contribution in [3.63, 3.8) is 0 Å². The maximum atomic E-state index is 14.3. The highest BCUT2D eigenvalue weighted by Crippen LogP contribution is 2.43. The molecule has 4 rings (SSSR count). The molecule has 0 unspecified atom stereocenters. The number of rotatable bonds is 7. The van der Waals surface area contributed by atoms with E-state index in [1.807, 2.05) is 0 Å². The molecule has 2 heterocycles.